The Balaban J connectivity index is 1.57. The van der Waals surface area contributed by atoms with Crippen LogP contribution >= 0.6 is 0 Å². The molecular formula is C17H25N3O2. The molecule has 1 aromatic heterocycles. The lowest BCUT2D eigenvalue weighted by Gasteiger charge is -2.28. The van der Waals surface area contributed by atoms with Gasteiger partial charge in [-0.25, -0.2) is 0 Å². The number of amides is 2. The highest BCUT2D eigenvalue weighted by Crippen LogP contribution is 2.25. The summed E-state index contributed by atoms with van der Waals surface area (Å²) in [4.78, 5) is 31.8. The fourth-order valence-corrected chi connectivity index (χ4v) is 3.59. The Labute approximate surface area is 131 Å². The minimum Gasteiger partial charge on any atom is -0.367 e. The zero-order valence-corrected chi connectivity index (χ0v) is 13.1. The van der Waals surface area contributed by atoms with Gasteiger partial charge in [0.15, 0.2) is 0 Å². The molecule has 0 radical (unpaired) electrons. The van der Waals surface area contributed by atoms with E-state index >= 15 is 0 Å². The predicted molar refractivity (Wildman–Crippen MR) is 84.5 cm³/mol. The Morgan fingerprint density at radius 1 is 0.955 bits per heavy atom. The lowest BCUT2D eigenvalue weighted by atomic mass is 9.88. The van der Waals surface area contributed by atoms with E-state index in [2.05, 4.69) is 4.98 Å². The zero-order chi connectivity index (χ0) is 15.4. The third-order valence-electron chi connectivity index (χ3n) is 4.89. The maximum atomic E-state index is 12.6. The third kappa shape index (κ3) is 3.34. The van der Waals surface area contributed by atoms with E-state index in [-0.39, 0.29) is 11.8 Å². The van der Waals surface area contributed by atoms with Crippen LogP contribution in [0.15, 0.2) is 18.5 Å². The van der Waals surface area contributed by atoms with E-state index in [1.807, 2.05) is 9.80 Å². The van der Waals surface area contributed by atoms with Crippen molar-refractivity contribution in [3.05, 3.63) is 24.0 Å². The third-order valence-corrected chi connectivity index (χ3v) is 4.89. The Hall–Kier alpha value is -1.78. The van der Waals surface area contributed by atoms with E-state index in [1.54, 1.807) is 18.5 Å². The molecule has 2 amide bonds. The topological polar surface area (TPSA) is 56.4 Å². The number of carbonyl (C=O) groups is 2. The van der Waals surface area contributed by atoms with Crippen molar-refractivity contribution in [3.8, 4) is 0 Å². The van der Waals surface area contributed by atoms with Crippen LogP contribution in [0.25, 0.3) is 0 Å². The van der Waals surface area contributed by atoms with Gasteiger partial charge >= 0.3 is 0 Å². The standard InChI is InChI=1S/C17H25N3O2/c21-16(14-5-2-1-3-6-14)19-9-4-10-20(12-11-19)17(22)15-7-8-18-13-15/h7-8,13-14,18H,1-6,9-12H2. The summed E-state index contributed by atoms with van der Waals surface area (Å²) < 4.78 is 0. The summed E-state index contributed by atoms with van der Waals surface area (Å²) in [5, 5.41) is 0. The van der Waals surface area contributed by atoms with Gasteiger partial charge in [0.05, 0.1) is 5.56 Å². The molecule has 2 fully saturated rings. The highest BCUT2D eigenvalue weighted by atomic mass is 16.2. The van der Waals surface area contributed by atoms with Crippen LogP contribution in [0.2, 0.25) is 0 Å². The van der Waals surface area contributed by atoms with Gasteiger partial charge in [0.2, 0.25) is 5.91 Å². The van der Waals surface area contributed by atoms with Crippen molar-refractivity contribution in [2.75, 3.05) is 26.2 Å². The quantitative estimate of drug-likeness (QED) is 0.911. The monoisotopic (exact) mass is 303 g/mol. The summed E-state index contributed by atoms with van der Waals surface area (Å²) in [6.07, 6.45) is 10.1. The van der Waals surface area contributed by atoms with E-state index in [4.69, 9.17) is 0 Å². The Morgan fingerprint density at radius 3 is 2.41 bits per heavy atom. The first-order valence-corrected chi connectivity index (χ1v) is 8.46. The molecule has 1 saturated heterocycles. The van der Waals surface area contributed by atoms with Crippen molar-refractivity contribution in [3.63, 3.8) is 0 Å². The van der Waals surface area contributed by atoms with Crippen molar-refractivity contribution in [2.24, 2.45) is 5.92 Å². The van der Waals surface area contributed by atoms with Gasteiger partial charge in [-0.1, -0.05) is 19.3 Å². The number of aromatic amines is 1. The molecule has 1 saturated carbocycles. The van der Waals surface area contributed by atoms with Gasteiger partial charge in [-0.2, -0.15) is 0 Å². The summed E-state index contributed by atoms with van der Waals surface area (Å²) in [5.74, 6) is 0.601. The largest absolute Gasteiger partial charge is 0.367 e. The van der Waals surface area contributed by atoms with E-state index in [0.717, 1.165) is 32.4 Å². The number of H-pyrrole nitrogens is 1. The molecule has 1 aliphatic heterocycles. The SMILES string of the molecule is O=C(c1cc[nH]c1)N1CCCN(C(=O)C2CCCCC2)CC1. The second kappa shape index (κ2) is 6.99. The van der Waals surface area contributed by atoms with Gasteiger partial charge < -0.3 is 14.8 Å². The van der Waals surface area contributed by atoms with Crippen molar-refractivity contribution in [1.82, 2.24) is 14.8 Å². The smallest absolute Gasteiger partial charge is 0.255 e. The number of nitrogens with one attached hydrogen (secondary N) is 1. The van der Waals surface area contributed by atoms with E-state index in [1.165, 1.54) is 19.3 Å². The molecule has 5 heteroatoms. The number of carbonyl (C=O) groups excluding carboxylic acids is 2. The predicted octanol–water partition coefficient (Wildman–Crippen LogP) is 2.27. The van der Waals surface area contributed by atoms with Crippen LogP contribution in [0.3, 0.4) is 0 Å². The van der Waals surface area contributed by atoms with Gasteiger partial charge in [-0.15, -0.1) is 0 Å². The molecule has 1 N–H and O–H groups in total. The number of rotatable bonds is 2. The summed E-state index contributed by atoms with van der Waals surface area (Å²) >= 11 is 0. The van der Waals surface area contributed by atoms with Crippen LogP contribution in [0.4, 0.5) is 0 Å². The van der Waals surface area contributed by atoms with Crippen LogP contribution in [0.5, 0.6) is 0 Å². The summed E-state index contributed by atoms with van der Waals surface area (Å²) in [7, 11) is 0. The Morgan fingerprint density at radius 2 is 1.68 bits per heavy atom. The van der Waals surface area contributed by atoms with Crippen molar-refractivity contribution >= 4 is 11.8 Å². The molecule has 0 aromatic carbocycles. The van der Waals surface area contributed by atoms with Gasteiger partial charge in [-0.05, 0) is 25.3 Å². The molecular weight excluding hydrogens is 278 g/mol. The molecule has 0 unspecified atom stereocenters. The van der Waals surface area contributed by atoms with Crippen LogP contribution in [0.1, 0.15) is 48.9 Å². The first-order valence-electron chi connectivity index (χ1n) is 8.46. The van der Waals surface area contributed by atoms with Crippen LogP contribution in [-0.4, -0.2) is 52.8 Å². The number of nitrogens with zero attached hydrogens (tertiary/aromatic N) is 2. The molecule has 120 valence electrons. The molecule has 5 nitrogen and oxygen atoms in total. The number of hydrogen-bond donors (Lipinski definition) is 1. The maximum absolute atomic E-state index is 12.6. The summed E-state index contributed by atoms with van der Waals surface area (Å²) in [6.45, 7) is 2.83. The van der Waals surface area contributed by atoms with Crippen LogP contribution in [-0.2, 0) is 4.79 Å². The second-order valence-electron chi connectivity index (χ2n) is 6.41. The van der Waals surface area contributed by atoms with Crippen molar-refractivity contribution in [1.29, 1.82) is 0 Å². The van der Waals surface area contributed by atoms with E-state index in [0.29, 0.717) is 24.6 Å². The highest BCUT2D eigenvalue weighted by molar-refractivity contribution is 5.94. The molecule has 0 atom stereocenters. The maximum Gasteiger partial charge on any atom is 0.255 e. The van der Waals surface area contributed by atoms with E-state index in [9.17, 15) is 9.59 Å². The van der Waals surface area contributed by atoms with Crippen LogP contribution in [0, 0.1) is 5.92 Å². The minimum absolute atomic E-state index is 0.0632. The van der Waals surface area contributed by atoms with Gasteiger partial charge in [-0.3, -0.25) is 9.59 Å². The molecule has 1 aromatic rings. The molecule has 1 aliphatic carbocycles. The molecule has 2 heterocycles. The lowest BCUT2D eigenvalue weighted by Crippen LogP contribution is -2.40. The molecule has 2 aliphatic rings. The molecule has 3 rings (SSSR count). The fourth-order valence-electron chi connectivity index (χ4n) is 3.59. The number of hydrogen-bond acceptors (Lipinski definition) is 2. The first-order chi connectivity index (χ1) is 10.8. The number of aromatic nitrogens is 1. The average Bonchev–Trinajstić information content (AvgIpc) is 2.99. The van der Waals surface area contributed by atoms with E-state index < -0.39 is 0 Å². The minimum atomic E-state index is 0.0632. The molecule has 22 heavy (non-hydrogen) atoms. The highest BCUT2D eigenvalue weighted by Gasteiger charge is 2.28. The van der Waals surface area contributed by atoms with Gasteiger partial charge in [0, 0.05) is 44.5 Å². The first kappa shape index (κ1) is 15.1. The average molecular weight is 303 g/mol. The van der Waals surface area contributed by atoms with Crippen LogP contribution < -0.4 is 0 Å². The molecule has 0 spiro atoms. The Bertz CT molecular complexity index is 506. The Kier molecular flexibility index (Phi) is 4.80. The second-order valence-corrected chi connectivity index (χ2v) is 6.41. The van der Waals surface area contributed by atoms with Gasteiger partial charge in [0.25, 0.3) is 5.91 Å². The summed E-state index contributed by atoms with van der Waals surface area (Å²) in [6, 6.07) is 1.80. The normalized spacial score (nSPS) is 20.7. The van der Waals surface area contributed by atoms with Crippen molar-refractivity contribution < 1.29 is 9.59 Å². The molecule has 0 bridgehead atoms. The zero-order valence-electron chi connectivity index (χ0n) is 13.1. The fraction of sp³-hybridized carbons (Fsp3) is 0.647. The van der Waals surface area contributed by atoms with Gasteiger partial charge in [0.1, 0.15) is 0 Å². The summed E-state index contributed by atoms with van der Waals surface area (Å²) in [5.41, 5.74) is 0.701. The van der Waals surface area contributed by atoms with Crippen molar-refractivity contribution in [2.45, 2.75) is 38.5 Å². The lowest BCUT2D eigenvalue weighted by molar-refractivity contribution is -0.136.